The largest absolute Gasteiger partial charge is 0.492 e. The van der Waals surface area contributed by atoms with Gasteiger partial charge in [-0.25, -0.2) is 8.78 Å². The van der Waals surface area contributed by atoms with E-state index in [4.69, 9.17) is 4.74 Å². The highest BCUT2D eigenvalue weighted by Gasteiger charge is 2.30. The molecule has 0 radical (unpaired) electrons. The third kappa shape index (κ3) is 5.71. The third-order valence-electron chi connectivity index (χ3n) is 7.06. The number of ether oxygens (including phenoxy) is 1. The minimum absolute atomic E-state index is 0.175. The molecular weight excluding hydrogens is 462 g/mol. The van der Waals surface area contributed by atoms with Crippen LogP contribution >= 0.6 is 11.8 Å². The molecule has 2 aliphatic rings. The normalized spacial score (nSPS) is 18.7. The quantitative estimate of drug-likeness (QED) is 0.387. The lowest BCUT2D eigenvalue weighted by Gasteiger charge is -2.39. The van der Waals surface area contributed by atoms with Gasteiger partial charge in [0.25, 0.3) is 0 Å². The summed E-state index contributed by atoms with van der Waals surface area (Å²) in [6.07, 6.45) is 0.894. The van der Waals surface area contributed by atoms with Crippen LogP contribution < -0.4 is 4.74 Å². The molecule has 1 fully saturated rings. The summed E-state index contributed by atoms with van der Waals surface area (Å²) in [6, 6.07) is 18.5. The first-order valence-electron chi connectivity index (χ1n) is 12.4. The minimum atomic E-state index is -0.250. The number of nitrogens with zero attached hydrogens (tertiary/aromatic N) is 2. The number of fused-ring (bicyclic) bond motifs is 2. The van der Waals surface area contributed by atoms with E-state index in [0.29, 0.717) is 18.3 Å². The number of halogens is 2. The van der Waals surface area contributed by atoms with E-state index in [1.807, 2.05) is 6.07 Å². The summed E-state index contributed by atoms with van der Waals surface area (Å²) in [6.45, 7) is 9.82. The van der Waals surface area contributed by atoms with Gasteiger partial charge in [0, 0.05) is 48.6 Å². The lowest BCUT2D eigenvalue weighted by Crippen LogP contribution is -2.49. The first kappa shape index (κ1) is 24.3. The van der Waals surface area contributed by atoms with Crippen molar-refractivity contribution in [2.45, 2.75) is 42.0 Å². The van der Waals surface area contributed by atoms with Crippen LogP contribution in [0.3, 0.4) is 0 Å². The molecule has 0 N–H and O–H groups in total. The van der Waals surface area contributed by atoms with Crippen molar-refractivity contribution >= 4 is 11.8 Å². The van der Waals surface area contributed by atoms with Gasteiger partial charge in [-0.2, -0.15) is 0 Å². The molecule has 0 unspecified atom stereocenters. The van der Waals surface area contributed by atoms with Crippen LogP contribution in [0.15, 0.2) is 70.5 Å². The van der Waals surface area contributed by atoms with E-state index in [9.17, 15) is 8.78 Å². The molecule has 6 heteroatoms. The first-order valence-corrected chi connectivity index (χ1v) is 13.2. The predicted octanol–water partition coefficient (Wildman–Crippen LogP) is 6.53. The van der Waals surface area contributed by atoms with Gasteiger partial charge in [-0.05, 0) is 71.5 Å². The molecule has 184 valence electrons. The average molecular weight is 495 g/mol. The lowest BCUT2D eigenvalue weighted by atomic mass is 9.93. The molecule has 35 heavy (non-hydrogen) atoms. The molecule has 0 bridgehead atoms. The van der Waals surface area contributed by atoms with Gasteiger partial charge in [-0.1, -0.05) is 43.8 Å². The SMILES string of the molecule is CC(C)c1ccc2c(c1)[C@@H](N1CCN(CCOc3ccc(F)cc3)CC1)Cc1ccc(F)cc1S2. The molecule has 0 aromatic heterocycles. The molecule has 0 saturated carbocycles. The third-order valence-corrected chi connectivity index (χ3v) is 8.25. The van der Waals surface area contributed by atoms with Gasteiger partial charge >= 0.3 is 0 Å². The molecule has 0 spiro atoms. The Morgan fingerprint density at radius 2 is 1.63 bits per heavy atom. The number of benzene rings is 3. The maximum absolute atomic E-state index is 14.0. The van der Waals surface area contributed by atoms with Crippen molar-refractivity contribution < 1.29 is 13.5 Å². The minimum Gasteiger partial charge on any atom is -0.492 e. The van der Waals surface area contributed by atoms with Gasteiger partial charge in [-0.3, -0.25) is 9.80 Å². The van der Waals surface area contributed by atoms with Crippen molar-refractivity contribution in [3.05, 3.63) is 89.0 Å². The average Bonchev–Trinajstić information content (AvgIpc) is 3.01. The fourth-order valence-electron chi connectivity index (χ4n) is 4.96. The van der Waals surface area contributed by atoms with Crippen LogP contribution in [0.4, 0.5) is 8.78 Å². The van der Waals surface area contributed by atoms with Crippen LogP contribution in [0.1, 0.15) is 42.5 Å². The molecular formula is C29H32F2N2OS. The van der Waals surface area contributed by atoms with E-state index in [0.717, 1.165) is 44.0 Å². The van der Waals surface area contributed by atoms with E-state index < -0.39 is 0 Å². The number of piperazine rings is 1. The van der Waals surface area contributed by atoms with Crippen molar-refractivity contribution in [2.24, 2.45) is 0 Å². The van der Waals surface area contributed by atoms with Gasteiger partial charge in [-0.15, -0.1) is 0 Å². The highest BCUT2D eigenvalue weighted by Crippen LogP contribution is 2.44. The van der Waals surface area contributed by atoms with Crippen LogP contribution in [-0.4, -0.2) is 49.1 Å². The van der Waals surface area contributed by atoms with Crippen molar-refractivity contribution in [3.8, 4) is 5.75 Å². The van der Waals surface area contributed by atoms with E-state index in [1.165, 1.54) is 33.7 Å². The Morgan fingerprint density at radius 3 is 2.37 bits per heavy atom. The summed E-state index contributed by atoms with van der Waals surface area (Å²) in [5.74, 6) is 0.743. The summed E-state index contributed by atoms with van der Waals surface area (Å²) in [7, 11) is 0. The molecule has 5 rings (SSSR count). The van der Waals surface area contributed by atoms with Gasteiger partial charge in [0.2, 0.25) is 0 Å². The van der Waals surface area contributed by atoms with Crippen molar-refractivity contribution in [2.75, 3.05) is 39.3 Å². The molecule has 0 aliphatic carbocycles. The Morgan fingerprint density at radius 1 is 0.886 bits per heavy atom. The second kappa shape index (κ2) is 10.7. The molecule has 0 amide bonds. The molecule has 3 aromatic carbocycles. The number of rotatable bonds is 6. The molecule has 1 atom stereocenters. The fourth-order valence-corrected chi connectivity index (χ4v) is 6.10. The van der Waals surface area contributed by atoms with Crippen LogP contribution in [0.2, 0.25) is 0 Å². The van der Waals surface area contributed by atoms with E-state index in [2.05, 4.69) is 41.8 Å². The Balaban J connectivity index is 1.28. The fraction of sp³-hybridized carbons (Fsp3) is 0.379. The summed E-state index contributed by atoms with van der Waals surface area (Å²) in [5.41, 5.74) is 3.94. The van der Waals surface area contributed by atoms with Gasteiger partial charge in [0.1, 0.15) is 24.0 Å². The van der Waals surface area contributed by atoms with E-state index in [-0.39, 0.29) is 17.7 Å². The summed E-state index contributed by atoms with van der Waals surface area (Å²) in [5, 5.41) is 0. The lowest BCUT2D eigenvalue weighted by molar-refractivity contribution is 0.0849. The zero-order chi connectivity index (χ0) is 24.4. The maximum atomic E-state index is 14.0. The van der Waals surface area contributed by atoms with Crippen LogP contribution in [0, 0.1) is 11.6 Å². The van der Waals surface area contributed by atoms with E-state index in [1.54, 1.807) is 36.0 Å². The summed E-state index contributed by atoms with van der Waals surface area (Å²) in [4.78, 5) is 7.29. The smallest absolute Gasteiger partial charge is 0.124 e. The van der Waals surface area contributed by atoms with Crippen molar-refractivity contribution in [1.82, 2.24) is 9.80 Å². The van der Waals surface area contributed by atoms with Gasteiger partial charge < -0.3 is 4.74 Å². The van der Waals surface area contributed by atoms with Gasteiger partial charge in [0.15, 0.2) is 0 Å². The summed E-state index contributed by atoms with van der Waals surface area (Å²) >= 11 is 1.70. The number of hydrogen-bond donors (Lipinski definition) is 0. The Bertz CT molecular complexity index is 1160. The topological polar surface area (TPSA) is 15.7 Å². The monoisotopic (exact) mass is 494 g/mol. The molecule has 2 aliphatic heterocycles. The van der Waals surface area contributed by atoms with Gasteiger partial charge in [0.05, 0.1) is 0 Å². The highest BCUT2D eigenvalue weighted by atomic mass is 32.2. The Hall–Kier alpha value is -2.41. The predicted molar refractivity (Wildman–Crippen MR) is 137 cm³/mol. The van der Waals surface area contributed by atoms with Crippen LogP contribution in [0.25, 0.3) is 0 Å². The maximum Gasteiger partial charge on any atom is 0.124 e. The molecule has 3 aromatic rings. The zero-order valence-corrected chi connectivity index (χ0v) is 21.2. The van der Waals surface area contributed by atoms with Crippen molar-refractivity contribution in [1.29, 1.82) is 0 Å². The van der Waals surface area contributed by atoms with Crippen LogP contribution in [0.5, 0.6) is 5.75 Å². The Labute approximate surface area is 211 Å². The number of hydrogen-bond acceptors (Lipinski definition) is 4. The molecule has 1 saturated heterocycles. The zero-order valence-electron chi connectivity index (χ0n) is 20.3. The highest BCUT2D eigenvalue weighted by molar-refractivity contribution is 7.99. The summed E-state index contributed by atoms with van der Waals surface area (Å²) < 4.78 is 32.9. The van der Waals surface area contributed by atoms with Crippen LogP contribution in [-0.2, 0) is 6.42 Å². The second-order valence-electron chi connectivity index (χ2n) is 9.71. The van der Waals surface area contributed by atoms with E-state index >= 15 is 0 Å². The second-order valence-corrected chi connectivity index (χ2v) is 10.8. The standard InChI is InChI=1S/C29H32F2N2OS/c1-20(2)21-4-10-28-26(17-21)27(18-22-3-5-24(31)19-29(22)35-28)33-13-11-32(12-14-33)15-16-34-25-8-6-23(30)7-9-25/h3-10,17,19-20,27H,11-16,18H2,1-2H3/t27-/m0/s1. The molecule has 3 nitrogen and oxygen atoms in total. The first-order chi connectivity index (χ1) is 17.0. The van der Waals surface area contributed by atoms with Crippen molar-refractivity contribution in [3.63, 3.8) is 0 Å². The Kier molecular flexibility index (Phi) is 7.42. The molecule has 2 heterocycles.